The Labute approximate surface area is 118 Å². The van der Waals surface area contributed by atoms with Crippen molar-refractivity contribution in [1.82, 2.24) is 0 Å². The van der Waals surface area contributed by atoms with Crippen LogP contribution >= 0.6 is 0 Å². The van der Waals surface area contributed by atoms with Crippen LogP contribution in [0.25, 0.3) is 0 Å². The van der Waals surface area contributed by atoms with Gasteiger partial charge in [-0.15, -0.1) is 0 Å². The van der Waals surface area contributed by atoms with Crippen LogP contribution in [0.4, 0.5) is 4.79 Å². The lowest BCUT2D eigenvalue weighted by Gasteiger charge is -2.37. The van der Waals surface area contributed by atoms with Gasteiger partial charge in [0.1, 0.15) is 0 Å². The van der Waals surface area contributed by atoms with E-state index in [-0.39, 0.29) is 5.92 Å². The summed E-state index contributed by atoms with van der Waals surface area (Å²) in [6.07, 6.45) is 1.23. The number of carboxylic acid groups (broad SMARTS) is 1. The highest BCUT2D eigenvalue weighted by Gasteiger charge is 2.40. The van der Waals surface area contributed by atoms with Crippen LogP contribution in [-0.4, -0.2) is 17.2 Å². The highest BCUT2D eigenvalue weighted by molar-refractivity contribution is 5.87. The van der Waals surface area contributed by atoms with E-state index in [1.165, 1.54) is 0 Å². The maximum Gasteiger partial charge on any atom is 0.513 e. The zero-order chi connectivity index (χ0) is 14.7. The molecular weight excluding hydrogens is 256 g/mol. The van der Waals surface area contributed by atoms with Gasteiger partial charge >= 0.3 is 12.1 Å². The number of carbonyl (C=O) groups excluding carboxylic acids is 1. The van der Waals surface area contributed by atoms with Crippen molar-refractivity contribution < 1.29 is 19.4 Å². The molecule has 20 heavy (non-hydrogen) atoms. The normalized spacial score (nSPS) is 24.8. The van der Waals surface area contributed by atoms with Gasteiger partial charge in [0.2, 0.25) is 0 Å². The Bertz CT molecular complexity index is 509. The molecule has 0 aromatic heterocycles. The number of esters is 1. The maximum atomic E-state index is 12.2. The molecular formula is C16H20O4. The van der Waals surface area contributed by atoms with E-state index in [1.807, 2.05) is 31.2 Å². The van der Waals surface area contributed by atoms with Crippen molar-refractivity contribution in [3.05, 3.63) is 35.4 Å². The van der Waals surface area contributed by atoms with Crippen LogP contribution in [0.2, 0.25) is 0 Å². The van der Waals surface area contributed by atoms with Crippen molar-refractivity contribution in [3.63, 3.8) is 0 Å². The molecule has 1 aliphatic rings. The molecule has 1 aromatic carbocycles. The summed E-state index contributed by atoms with van der Waals surface area (Å²) in [6.45, 7) is 4.16. The first-order valence-electron chi connectivity index (χ1n) is 7.10. The zero-order valence-electron chi connectivity index (χ0n) is 11.8. The van der Waals surface area contributed by atoms with Crippen LogP contribution in [-0.2, 0) is 16.0 Å². The summed E-state index contributed by atoms with van der Waals surface area (Å²) in [6, 6.07) is 7.78. The van der Waals surface area contributed by atoms with E-state index < -0.39 is 18.0 Å². The molecule has 0 saturated heterocycles. The highest BCUT2D eigenvalue weighted by atomic mass is 16.7. The molecule has 0 fully saturated rings. The van der Waals surface area contributed by atoms with Crippen molar-refractivity contribution in [2.24, 2.45) is 11.8 Å². The molecule has 4 heteroatoms. The van der Waals surface area contributed by atoms with Crippen molar-refractivity contribution in [3.8, 4) is 0 Å². The van der Waals surface area contributed by atoms with Crippen LogP contribution in [0.5, 0.6) is 0 Å². The van der Waals surface area contributed by atoms with E-state index in [0.717, 1.165) is 30.4 Å². The Kier molecular flexibility index (Phi) is 4.42. The Morgan fingerprint density at radius 2 is 1.95 bits per heavy atom. The van der Waals surface area contributed by atoms with E-state index in [4.69, 9.17) is 5.11 Å². The van der Waals surface area contributed by atoms with Crippen LogP contribution in [0.15, 0.2) is 24.3 Å². The topological polar surface area (TPSA) is 63.6 Å². The summed E-state index contributed by atoms with van der Waals surface area (Å²) in [5, 5.41) is 8.70. The number of ether oxygens (including phenoxy) is 1. The van der Waals surface area contributed by atoms with E-state index >= 15 is 0 Å². The third-order valence-electron chi connectivity index (χ3n) is 4.34. The van der Waals surface area contributed by atoms with Gasteiger partial charge in [0, 0.05) is 0 Å². The molecule has 0 bridgehead atoms. The lowest BCUT2D eigenvalue weighted by molar-refractivity contribution is -0.143. The quantitative estimate of drug-likeness (QED) is 0.676. The first kappa shape index (κ1) is 14.6. The first-order valence-corrected chi connectivity index (χ1v) is 7.10. The predicted molar refractivity (Wildman–Crippen MR) is 74.6 cm³/mol. The van der Waals surface area contributed by atoms with Gasteiger partial charge in [-0.2, -0.15) is 0 Å². The van der Waals surface area contributed by atoms with Crippen molar-refractivity contribution in [2.75, 3.05) is 0 Å². The molecule has 0 spiro atoms. The zero-order valence-corrected chi connectivity index (χ0v) is 11.8. The van der Waals surface area contributed by atoms with Crippen LogP contribution in [0.3, 0.4) is 0 Å². The van der Waals surface area contributed by atoms with Crippen LogP contribution < -0.4 is 0 Å². The number of fused-ring (bicyclic) bond motifs is 1. The van der Waals surface area contributed by atoms with E-state index in [1.54, 1.807) is 0 Å². The van der Waals surface area contributed by atoms with Gasteiger partial charge in [-0.3, -0.25) is 4.79 Å². The largest absolute Gasteiger partial charge is 0.513 e. The highest BCUT2D eigenvalue weighted by Crippen LogP contribution is 2.43. The molecule has 0 radical (unpaired) electrons. The van der Waals surface area contributed by atoms with Gasteiger partial charge < -0.3 is 9.84 Å². The fourth-order valence-corrected chi connectivity index (χ4v) is 3.43. The smallest absolute Gasteiger partial charge is 0.449 e. The monoisotopic (exact) mass is 276 g/mol. The minimum atomic E-state index is -1.53. The van der Waals surface area contributed by atoms with Gasteiger partial charge in [-0.1, -0.05) is 51.0 Å². The Morgan fingerprint density at radius 1 is 1.25 bits per heavy atom. The molecule has 1 aromatic rings. The fraction of sp³-hybridized carbons (Fsp3) is 0.500. The lowest BCUT2D eigenvalue weighted by atomic mass is 9.67. The summed E-state index contributed by atoms with van der Waals surface area (Å²) in [5.41, 5.74) is 2.06. The average molecular weight is 276 g/mol. The number of hydrogen-bond acceptors (Lipinski definition) is 3. The summed E-state index contributed by atoms with van der Waals surface area (Å²) in [7, 11) is 0. The standard InChI is InChI=1S/C16H20O4/c1-3-10-9-11-7-5-6-8-13(11)14(12(10)4-2)15(17)20-16(18)19/h5-8,10,12,14H,3-4,9H2,1-2H3,(H,18,19). The number of carbonyl (C=O) groups is 2. The summed E-state index contributed by atoms with van der Waals surface area (Å²) in [4.78, 5) is 22.9. The van der Waals surface area contributed by atoms with Crippen molar-refractivity contribution >= 4 is 12.1 Å². The number of hydrogen-bond donors (Lipinski definition) is 1. The maximum absolute atomic E-state index is 12.2. The third kappa shape index (κ3) is 2.69. The summed E-state index contributed by atoms with van der Waals surface area (Å²) < 4.78 is 4.45. The third-order valence-corrected chi connectivity index (χ3v) is 4.34. The second kappa shape index (κ2) is 6.07. The van der Waals surface area contributed by atoms with Crippen LogP contribution in [0.1, 0.15) is 43.7 Å². The molecule has 0 saturated carbocycles. The second-order valence-corrected chi connectivity index (χ2v) is 5.31. The van der Waals surface area contributed by atoms with E-state index in [2.05, 4.69) is 11.7 Å². The van der Waals surface area contributed by atoms with Crippen LogP contribution in [0, 0.1) is 11.8 Å². The number of benzene rings is 1. The first-order chi connectivity index (χ1) is 9.58. The molecule has 108 valence electrons. The SMILES string of the molecule is CCC1Cc2ccccc2C(C(=O)OC(=O)O)C1CC. The molecule has 0 aliphatic heterocycles. The van der Waals surface area contributed by atoms with Gasteiger partial charge in [-0.05, 0) is 29.4 Å². The summed E-state index contributed by atoms with van der Waals surface area (Å²) in [5.74, 6) is -0.580. The molecule has 3 atom stereocenters. The Balaban J connectivity index is 2.42. The fourth-order valence-electron chi connectivity index (χ4n) is 3.43. The molecule has 0 amide bonds. The summed E-state index contributed by atoms with van der Waals surface area (Å²) >= 11 is 0. The lowest BCUT2D eigenvalue weighted by Crippen LogP contribution is -2.35. The predicted octanol–water partition coefficient (Wildman–Crippen LogP) is 3.60. The van der Waals surface area contributed by atoms with E-state index in [0.29, 0.717) is 5.92 Å². The minimum Gasteiger partial charge on any atom is -0.449 e. The molecule has 3 unspecified atom stereocenters. The van der Waals surface area contributed by atoms with Gasteiger partial charge in [0.05, 0.1) is 5.92 Å². The molecule has 1 N–H and O–H groups in total. The van der Waals surface area contributed by atoms with Crippen molar-refractivity contribution in [1.29, 1.82) is 0 Å². The number of rotatable bonds is 3. The van der Waals surface area contributed by atoms with E-state index in [9.17, 15) is 9.59 Å². The Morgan fingerprint density at radius 3 is 2.55 bits per heavy atom. The van der Waals surface area contributed by atoms with Crippen molar-refractivity contribution in [2.45, 2.75) is 39.0 Å². The molecule has 4 nitrogen and oxygen atoms in total. The van der Waals surface area contributed by atoms with Gasteiger partial charge in [0.15, 0.2) is 0 Å². The Hall–Kier alpha value is -1.84. The molecule has 0 heterocycles. The molecule has 2 rings (SSSR count). The van der Waals surface area contributed by atoms with Gasteiger partial charge in [-0.25, -0.2) is 4.79 Å². The molecule has 1 aliphatic carbocycles. The average Bonchev–Trinajstić information content (AvgIpc) is 2.44. The van der Waals surface area contributed by atoms with Gasteiger partial charge in [0.25, 0.3) is 0 Å². The second-order valence-electron chi connectivity index (χ2n) is 5.31. The minimum absolute atomic E-state index is 0.141.